The normalized spacial score (nSPS) is 29.6. The van der Waals surface area contributed by atoms with Crippen molar-refractivity contribution in [1.29, 1.82) is 0 Å². The lowest BCUT2D eigenvalue weighted by Gasteiger charge is -2.40. The molecule has 1 saturated heterocycles. The molecule has 1 heterocycles. The lowest BCUT2D eigenvalue weighted by molar-refractivity contribution is -0.129. The van der Waals surface area contributed by atoms with Gasteiger partial charge in [-0.1, -0.05) is 24.3 Å². The number of methoxy groups -OCH3 is 1. The Hall–Kier alpha value is -1.88. The molecule has 1 aromatic rings. The van der Waals surface area contributed by atoms with E-state index in [1.807, 2.05) is 0 Å². The number of carbonyl (C=O) groups is 1. The van der Waals surface area contributed by atoms with E-state index in [0.717, 1.165) is 12.8 Å². The van der Waals surface area contributed by atoms with Crippen LogP contribution >= 0.6 is 0 Å². The van der Waals surface area contributed by atoms with E-state index in [4.69, 9.17) is 9.47 Å². The molecule has 134 valence electrons. The van der Waals surface area contributed by atoms with Crippen LogP contribution < -0.4 is 10.1 Å². The van der Waals surface area contributed by atoms with Crippen molar-refractivity contribution in [3.05, 3.63) is 41.7 Å². The predicted molar refractivity (Wildman–Crippen MR) is 91.7 cm³/mol. The average Bonchev–Trinajstić information content (AvgIpc) is 3.26. The summed E-state index contributed by atoms with van der Waals surface area (Å²) in [4.78, 5) is 13.0. The first-order valence-corrected chi connectivity index (χ1v) is 9.04. The first-order valence-electron chi connectivity index (χ1n) is 9.04. The Bertz CT molecular complexity index is 696. The number of halogens is 1. The molecule has 1 aliphatic heterocycles. The quantitative estimate of drug-likeness (QED) is 0.853. The number of hydrogen-bond acceptors (Lipinski definition) is 3. The molecular formula is C20H24FNO3. The Morgan fingerprint density at radius 1 is 1.28 bits per heavy atom. The van der Waals surface area contributed by atoms with Crippen LogP contribution in [0.5, 0.6) is 5.75 Å². The molecule has 2 fully saturated rings. The average molecular weight is 345 g/mol. The first kappa shape index (κ1) is 16.6. The van der Waals surface area contributed by atoms with Gasteiger partial charge in [0.25, 0.3) is 0 Å². The maximum Gasteiger partial charge on any atom is 0.224 e. The van der Waals surface area contributed by atoms with Gasteiger partial charge in [-0.3, -0.25) is 4.79 Å². The van der Waals surface area contributed by atoms with Gasteiger partial charge >= 0.3 is 0 Å². The van der Waals surface area contributed by atoms with Gasteiger partial charge in [0.15, 0.2) is 11.6 Å². The molecule has 1 amide bonds. The van der Waals surface area contributed by atoms with Gasteiger partial charge in [-0.2, -0.15) is 0 Å². The molecule has 3 aliphatic rings. The number of nitrogens with one attached hydrogen (secondary N) is 1. The standard InChI is InChI=1S/C20H24FNO3/c1-24-17-4-2-3-16(18(17)21)20(7-9-25-10-8-20)22-19(23)15-12-13-5-6-14(15)11-13/h2-6,13-15H,7-12H2,1H3,(H,22,23)/t13-,14-,15+/m0/s1. The third-order valence-corrected chi connectivity index (χ3v) is 6.02. The molecule has 4 nitrogen and oxygen atoms in total. The molecule has 2 bridgehead atoms. The fraction of sp³-hybridized carbons (Fsp3) is 0.550. The second-order valence-corrected chi connectivity index (χ2v) is 7.39. The van der Waals surface area contributed by atoms with Gasteiger partial charge in [-0.25, -0.2) is 4.39 Å². The SMILES string of the molecule is COc1cccc(C2(NC(=O)[C@@H]3C[C@H]4C=C[C@H]3C4)CCOCC2)c1F. The summed E-state index contributed by atoms with van der Waals surface area (Å²) in [5.41, 5.74) is -0.221. The minimum atomic E-state index is -0.723. The summed E-state index contributed by atoms with van der Waals surface area (Å²) in [7, 11) is 1.46. The van der Waals surface area contributed by atoms with Gasteiger partial charge in [-0.05, 0) is 43.6 Å². The molecule has 2 aliphatic carbocycles. The number of rotatable bonds is 4. The maximum absolute atomic E-state index is 15.0. The van der Waals surface area contributed by atoms with Crippen LogP contribution in [-0.4, -0.2) is 26.2 Å². The van der Waals surface area contributed by atoms with Crippen LogP contribution in [0.15, 0.2) is 30.4 Å². The largest absolute Gasteiger partial charge is 0.494 e. The number of amides is 1. The van der Waals surface area contributed by atoms with Crippen LogP contribution in [0.25, 0.3) is 0 Å². The molecule has 0 unspecified atom stereocenters. The van der Waals surface area contributed by atoms with Gasteiger partial charge in [0, 0.05) is 24.7 Å². The van der Waals surface area contributed by atoms with Crippen molar-refractivity contribution < 1.29 is 18.7 Å². The Labute approximate surface area is 147 Å². The molecule has 3 atom stereocenters. The maximum atomic E-state index is 15.0. The highest BCUT2D eigenvalue weighted by Gasteiger charge is 2.44. The summed E-state index contributed by atoms with van der Waals surface area (Å²) in [5, 5.41) is 3.22. The highest BCUT2D eigenvalue weighted by atomic mass is 19.1. The van der Waals surface area contributed by atoms with Crippen molar-refractivity contribution in [2.24, 2.45) is 17.8 Å². The van der Waals surface area contributed by atoms with E-state index in [9.17, 15) is 9.18 Å². The summed E-state index contributed by atoms with van der Waals surface area (Å²) in [6, 6.07) is 5.14. The zero-order chi connectivity index (χ0) is 17.4. The lowest BCUT2D eigenvalue weighted by Crippen LogP contribution is -2.52. The zero-order valence-corrected chi connectivity index (χ0v) is 14.5. The van der Waals surface area contributed by atoms with Crippen molar-refractivity contribution in [3.63, 3.8) is 0 Å². The van der Waals surface area contributed by atoms with E-state index < -0.39 is 5.54 Å². The van der Waals surface area contributed by atoms with Crippen molar-refractivity contribution in [1.82, 2.24) is 5.32 Å². The lowest BCUT2D eigenvalue weighted by atomic mass is 9.81. The third kappa shape index (κ3) is 2.84. The monoisotopic (exact) mass is 345 g/mol. The van der Waals surface area contributed by atoms with Gasteiger partial charge < -0.3 is 14.8 Å². The van der Waals surface area contributed by atoms with Crippen LogP contribution in [0, 0.1) is 23.6 Å². The number of fused-ring (bicyclic) bond motifs is 2. The van der Waals surface area contributed by atoms with Crippen LogP contribution in [0.3, 0.4) is 0 Å². The van der Waals surface area contributed by atoms with Gasteiger partial charge in [-0.15, -0.1) is 0 Å². The highest BCUT2D eigenvalue weighted by molar-refractivity contribution is 5.81. The Morgan fingerprint density at radius 2 is 2.08 bits per heavy atom. The van der Waals surface area contributed by atoms with E-state index >= 15 is 0 Å². The molecule has 0 aromatic heterocycles. The number of carbonyl (C=O) groups excluding carboxylic acids is 1. The Kier molecular flexibility index (Phi) is 4.28. The van der Waals surface area contributed by atoms with Crippen LogP contribution in [0.4, 0.5) is 4.39 Å². The Balaban J connectivity index is 1.64. The number of allylic oxidation sites excluding steroid dienone is 2. The van der Waals surface area contributed by atoms with Gasteiger partial charge in [0.05, 0.1) is 12.6 Å². The molecule has 1 saturated carbocycles. The first-order chi connectivity index (χ1) is 12.1. The number of ether oxygens (including phenoxy) is 2. The molecule has 4 rings (SSSR count). The van der Waals surface area contributed by atoms with Crippen LogP contribution in [0.1, 0.15) is 31.2 Å². The molecule has 0 spiro atoms. The van der Waals surface area contributed by atoms with Gasteiger partial charge in [0.1, 0.15) is 0 Å². The highest BCUT2D eigenvalue weighted by Crippen LogP contribution is 2.44. The van der Waals surface area contributed by atoms with Crippen LogP contribution in [-0.2, 0) is 15.1 Å². The zero-order valence-electron chi connectivity index (χ0n) is 14.5. The predicted octanol–water partition coefficient (Wildman–Crippen LogP) is 3.17. The molecule has 1 N–H and O–H groups in total. The van der Waals surface area contributed by atoms with E-state index in [-0.39, 0.29) is 23.4 Å². The topological polar surface area (TPSA) is 47.6 Å². The van der Waals surface area contributed by atoms with Crippen LogP contribution in [0.2, 0.25) is 0 Å². The third-order valence-electron chi connectivity index (χ3n) is 6.02. The second-order valence-electron chi connectivity index (χ2n) is 7.39. The summed E-state index contributed by atoms with van der Waals surface area (Å²) in [6.45, 7) is 1.01. The van der Waals surface area contributed by atoms with E-state index in [1.165, 1.54) is 7.11 Å². The molecule has 0 radical (unpaired) electrons. The molecule has 1 aromatic carbocycles. The second kappa shape index (κ2) is 6.45. The van der Waals surface area contributed by atoms with Crippen molar-refractivity contribution in [2.45, 2.75) is 31.2 Å². The van der Waals surface area contributed by atoms with E-state index in [1.54, 1.807) is 18.2 Å². The summed E-state index contributed by atoms with van der Waals surface area (Å²) in [6.07, 6.45) is 7.50. The number of hydrogen-bond donors (Lipinski definition) is 1. The minimum absolute atomic E-state index is 0.00314. The van der Waals surface area contributed by atoms with Crippen molar-refractivity contribution >= 4 is 5.91 Å². The molecular weight excluding hydrogens is 321 g/mol. The molecule has 25 heavy (non-hydrogen) atoms. The Morgan fingerprint density at radius 3 is 2.72 bits per heavy atom. The fourth-order valence-electron chi connectivity index (χ4n) is 4.63. The summed E-state index contributed by atoms with van der Waals surface area (Å²) >= 11 is 0. The smallest absolute Gasteiger partial charge is 0.224 e. The van der Waals surface area contributed by atoms with Gasteiger partial charge in [0.2, 0.25) is 5.91 Å². The minimum Gasteiger partial charge on any atom is -0.494 e. The molecule has 5 heteroatoms. The fourth-order valence-corrected chi connectivity index (χ4v) is 4.63. The summed E-state index contributed by atoms with van der Waals surface area (Å²) < 4.78 is 25.6. The number of benzene rings is 1. The van der Waals surface area contributed by atoms with E-state index in [2.05, 4.69) is 17.5 Å². The van der Waals surface area contributed by atoms with Crippen molar-refractivity contribution in [2.75, 3.05) is 20.3 Å². The van der Waals surface area contributed by atoms with Crippen molar-refractivity contribution in [3.8, 4) is 5.75 Å². The van der Waals surface area contributed by atoms with E-state index in [0.29, 0.717) is 43.5 Å². The summed E-state index contributed by atoms with van der Waals surface area (Å²) in [5.74, 6) is 0.724.